The summed E-state index contributed by atoms with van der Waals surface area (Å²) >= 11 is 0. The van der Waals surface area contributed by atoms with Crippen LogP contribution in [-0.2, 0) is 11.2 Å². The van der Waals surface area contributed by atoms with Crippen LogP contribution in [0.25, 0.3) is 10.9 Å². The number of amides is 1. The normalized spacial score (nSPS) is 15.1. The van der Waals surface area contributed by atoms with Gasteiger partial charge >= 0.3 is 0 Å². The summed E-state index contributed by atoms with van der Waals surface area (Å²) < 4.78 is 10.7. The first-order chi connectivity index (χ1) is 13.6. The van der Waals surface area contributed by atoms with E-state index in [-0.39, 0.29) is 5.91 Å². The molecule has 0 saturated carbocycles. The van der Waals surface area contributed by atoms with Gasteiger partial charge in [-0.15, -0.1) is 0 Å². The molecule has 7 nitrogen and oxygen atoms in total. The molecular weight excluding hydrogens is 356 g/mol. The molecule has 3 aromatic rings. The smallest absolute Gasteiger partial charge is 0.269 e. The molecule has 1 aliphatic heterocycles. The average molecular weight is 380 g/mol. The van der Waals surface area contributed by atoms with Crippen LogP contribution in [0.3, 0.4) is 0 Å². The number of rotatable bonds is 5. The molecule has 146 valence electrons. The molecule has 1 fully saturated rings. The second-order valence-electron chi connectivity index (χ2n) is 7.18. The Kier molecular flexibility index (Phi) is 5.34. The molecule has 28 heavy (non-hydrogen) atoms. The fourth-order valence-electron chi connectivity index (χ4n) is 3.81. The highest BCUT2D eigenvalue weighted by Gasteiger charge is 2.21. The minimum Gasteiger partial charge on any atom is -0.381 e. The second-order valence-corrected chi connectivity index (χ2v) is 7.18. The molecule has 0 radical (unpaired) electrons. The average Bonchev–Trinajstić information content (AvgIpc) is 3.05. The minimum absolute atomic E-state index is 0.168. The van der Waals surface area contributed by atoms with E-state index in [0.717, 1.165) is 59.5 Å². The first-order valence-electron chi connectivity index (χ1n) is 9.66. The molecule has 1 aliphatic rings. The van der Waals surface area contributed by atoms with Crippen LogP contribution in [0.1, 0.15) is 51.8 Å². The van der Waals surface area contributed by atoms with Crippen LogP contribution in [0.15, 0.2) is 29.0 Å². The number of nitrogens with zero attached hydrogens (tertiary/aromatic N) is 3. The van der Waals surface area contributed by atoms with E-state index < -0.39 is 0 Å². The van der Waals surface area contributed by atoms with Gasteiger partial charge in [0, 0.05) is 43.1 Å². The van der Waals surface area contributed by atoms with Gasteiger partial charge in [0.05, 0.1) is 11.2 Å². The van der Waals surface area contributed by atoms with Gasteiger partial charge in [0.2, 0.25) is 0 Å². The van der Waals surface area contributed by atoms with Crippen molar-refractivity contribution < 1.29 is 14.1 Å². The number of hydrogen-bond donors (Lipinski definition) is 1. The van der Waals surface area contributed by atoms with Crippen LogP contribution >= 0.6 is 0 Å². The van der Waals surface area contributed by atoms with Gasteiger partial charge in [-0.3, -0.25) is 9.78 Å². The molecule has 0 aliphatic carbocycles. The summed E-state index contributed by atoms with van der Waals surface area (Å²) in [7, 11) is 0. The van der Waals surface area contributed by atoms with Crippen molar-refractivity contribution in [2.24, 2.45) is 0 Å². The van der Waals surface area contributed by atoms with Gasteiger partial charge in [-0.05, 0) is 56.7 Å². The lowest BCUT2D eigenvalue weighted by molar-refractivity contribution is 0.0855. The van der Waals surface area contributed by atoms with E-state index in [4.69, 9.17) is 9.26 Å². The first kappa shape index (κ1) is 18.6. The predicted octanol–water partition coefficient (Wildman–Crippen LogP) is 3.10. The van der Waals surface area contributed by atoms with Crippen molar-refractivity contribution in [3.05, 3.63) is 52.8 Å². The lowest BCUT2D eigenvalue weighted by atomic mass is 9.89. The molecule has 0 unspecified atom stereocenters. The molecule has 0 bridgehead atoms. The number of aryl methyl sites for hydroxylation is 2. The third-order valence-corrected chi connectivity index (χ3v) is 5.38. The number of aromatic nitrogens is 3. The number of fused-ring (bicyclic) bond motifs is 1. The first-order valence-corrected chi connectivity index (χ1v) is 9.66. The summed E-state index contributed by atoms with van der Waals surface area (Å²) in [6.07, 6.45) is 6.12. The van der Waals surface area contributed by atoms with Gasteiger partial charge in [0.15, 0.2) is 0 Å². The number of ether oxygens (including phenoxy) is 1. The molecule has 1 N–H and O–H groups in total. The maximum atomic E-state index is 12.8. The van der Waals surface area contributed by atoms with Gasteiger partial charge in [-0.1, -0.05) is 5.16 Å². The number of carbonyl (C=O) groups excluding carboxylic acids is 1. The van der Waals surface area contributed by atoms with E-state index in [1.54, 1.807) is 6.20 Å². The van der Waals surface area contributed by atoms with Crippen LogP contribution in [0.5, 0.6) is 0 Å². The van der Waals surface area contributed by atoms with Crippen LogP contribution in [0.4, 0.5) is 0 Å². The molecule has 0 spiro atoms. The second kappa shape index (κ2) is 8.06. The maximum absolute atomic E-state index is 12.8. The SMILES string of the molecule is Cc1noc(C)c1CCNC(=O)c1cc(C2CCOCC2)c2cnccc2n1. The third-order valence-electron chi connectivity index (χ3n) is 5.38. The fourth-order valence-corrected chi connectivity index (χ4v) is 3.81. The summed E-state index contributed by atoms with van der Waals surface area (Å²) in [5.41, 5.74) is 4.29. The Labute approximate surface area is 163 Å². The van der Waals surface area contributed by atoms with Crippen LogP contribution in [-0.4, -0.2) is 40.8 Å². The van der Waals surface area contributed by atoms with E-state index >= 15 is 0 Å². The lowest BCUT2D eigenvalue weighted by Gasteiger charge is -2.24. The highest BCUT2D eigenvalue weighted by atomic mass is 16.5. The molecule has 0 atom stereocenters. The van der Waals surface area contributed by atoms with Crippen LogP contribution in [0.2, 0.25) is 0 Å². The van der Waals surface area contributed by atoms with Crippen molar-refractivity contribution in [2.75, 3.05) is 19.8 Å². The summed E-state index contributed by atoms with van der Waals surface area (Å²) in [6.45, 7) is 5.79. The Bertz CT molecular complexity index is 973. The number of carbonyl (C=O) groups is 1. The Morgan fingerprint density at radius 1 is 1.29 bits per heavy atom. The van der Waals surface area contributed by atoms with Gasteiger partial charge < -0.3 is 14.6 Å². The molecule has 1 amide bonds. The summed E-state index contributed by atoms with van der Waals surface area (Å²) in [6, 6.07) is 3.78. The summed E-state index contributed by atoms with van der Waals surface area (Å²) in [4.78, 5) is 21.6. The van der Waals surface area contributed by atoms with Crippen molar-refractivity contribution in [1.29, 1.82) is 0 Å². The Morgan fingerprint density at radius 3 is 2.86 bits per heavy atom. The highest BCUT2D eigenvalue weighted by Crippen LogP contribution is 2.32. The summed E-state index contributed by atoms with van der Waals surface area (Å²) in [5.74, 6) is 0.987. The van der Waals surface area contributed by atoms with Gasteiger partial charge in [0.25, 0.3) is 5.91 Å². The molecule has 4 rings (SSSR count). The number of hydrogen-bond acceptors (Lipinski definition) is 6. The quantitative estimate of drug-likeness (QED) is 0.731. The Hall–Kier alpha value is -2.80. The highest BCUT2D eigenvalue weighted by molar-refractivity contribution is 5.96. The lowest BCUT2D eigenvalue weighted by Crippen LogP contribution is -2.27. The Morgan fingerprint density at radius 2 is 2.11 bits per heavy atom. The zero-order valence-electron chi connectivity index (χ0n) is 16.2. The van der Waals surface area contributed by atoms with Gasteiger partial charge in [0.1, 0.15) is 11.5 Å². The van der Waals surface area contributed by atoms with E-state index in [9.17, 15) is 4.79 Å². The van der Waals surface area contributed by atoms with Crippen molar-refractivity contribution in [3.63, 3.8) is 0 Å². The molecule has 4 heterocycles. The van der Waals surface area contributed by atoms with Gasteiger partial charge in [-0.25, -0.2) is 4.98 Å². The zero-order chi connectivity index (χ0) is 19.5. The third kappa shape index (κ3) is 3.75. The van der Waals surface area contributed by atoms with Crippen molar-refractivity contribution in [2.45, 2.75) is 39.0 Å². The van der Waals surface area contributed by atoms with Gasteiger partial charge in [-0.2, -0.15) is 0 Å². The summed E-state index contributed by atoms with van der Waals surface area (Å²) in [5, 5.41) is 7.94. The van der Waals surface area contributed by atoms with E-state index in [0.29, 0.717) is 24.6 Å². The molecule has 7 heteroatoms. The number of nitrogens with one attached hydrogen (secondary N) is 1. The number of pyridine rings is 2. The van der Waals surface area contributed by atoms with E-state index in [2.05, 4.69) is 20.4 Å². The van der Waals surface area contributed by atoms with Crippen molar-refractivity contribution in [1.82, 2.24) is 20.4 Å². The zero-order valence-corrected chi connectivity index (χ0v) is 16.2. The largest absolute Gasteiger partial charge is 0.381 e. The maximum Gasteiger partial charge on any atom is 0.269 e. The van der Waals surface area contributed by atoms with E-state index in [1.165, 1.54) is 0 Å². The monoisotopic (exact) mass is 380 g/mol. The topological polar surface area (TPSA) is 90.1 Å². The van der Waals surface area contributed by atoms with Crippen LogP contribution in [0, 0.1) is 13.8 Å². The van der Waals surface area contributed by atoms with E-state index in [1.807, 2.05) is 32.2 Å². The minimum atomic E-state index is -0.168. The Balaban J connectivity index is 1.55. The predicted molar refractivity (Wildman–Crippen MR) is 104 cm³/mol. The molecule has 0 aromatic carbocycles. The molecule has 3 aromatic heterocycles. The fraction of sp³-hybridized carbons (Fsp3) is 0.429. The molecular formula is C21H24N4O3. The van der Waals surface area contributed by atoms with Crippen molar-refractivity contribution in [3.8, 4) is 0 Å². The van der Waals surface area contributed by atoms with Crippen LogP contribution < -0.4 is 5.32 Å². The molecule has 1 saturated heterocycles. The standard InChI is InChI=1S/C21H24N4O3/c1-13-16(14(2)28-25-13)3-8-23-21(26)20-11-17(15-5-9-27-10-6-15)18-12-22-7-4-19(18)24-20/h4,7,11-12,15H,3,5-6,8-10H2,1-2H3,(H,23,26). The van der Waals surface area contributed by atoms with Crippen molar-refractivity contribution >= 4 is 16.8 Å².